The summed E-state index contributed by atoms with van der Waals surface area (Å²) in [6, 6.07) is 13.6. The Balaban J connectivity index is 1.41. The van der Waals surface area contributed by atoms with E-state index in [-0.39, 0.29) is 6.10 Å². The van der Waals surface area contributed by atoms with E-state index in [0.29, 0.717) is 5.92 Å². The molecule has 4 aromatic rings. The highest BCUT2D eigenvalue weighted by atomic mass is 32.1. The van der Waals surface area contributed by atoms with Gasteiger partial charge in [-0.05, 0) is 55.2 Å². The number of aliphatic hydroxyl groups is 1. The molecule has 1 N–H and O–H groups in total. The van der Waals surface area contributed by atoms with Crippen molar-refractivity contribution in [3.05, 3.63) is 53.7 Å². The fourth-order valence-corrected chi connectivity index (χ4v) is 5.29. The number of aromatic nitrogens is 2. The van der Waals surface area contributed by atoms with Gasteiger partial charge in [0.2, 0.25) is 0 Å². The van der Waals surface area contributed by atoms with Crippen LogP contribution in [-0.2, 0) is 6.42 Å². The van der Waals surface area contributed by atoms with Gasteiger partial charge in [-0.3, -0.25) is 4.98 Å². The second-order valence-electron chi connectivity index (χ2n) is 7.85. The van der Waals surface area contributed by atoms with Crippen molar-refractivity contribution < 1.29 is 14.6 Å². The molecule has 0 spiro atoms. The molecule has 0 unspecified atom stereocenters. The fraction of sp³-hybridized carbons (Fsp3) is 0.333. The Kier molecular flexibility index (Phi) is 5.27. The zero-order chi connectivity index (χ0) is 20.5. The summed E-state index contributed by atoms with van der Waals surface area (Å²) in [5.41, 5.74) is 1.84. The Hall–Kier alpha value is -2.70. The molecule has 2 heterocycles. The van der Waals surface area contributed by atoms with Crippen molar-refractivity contribution in [3.63, 3.8) is 0 Å². The minimum absolute atomic E-state index is 0.193. The van der Waals surface area contributed by atoms with E-state index in [4.69, 9.17) is 14.5 Å². The van der Waals surface area contributed by atoms with Crippen LogP contribution in [0, 0.1) is 5.92 Å². The maximum atomic E-state index is 10.3. The van der Waals surface area contributed by atoms with Crippen molar-refractivity contribution in [3.8, 4) is 17.2 Å². The normalized spacial score (nSPS) is 19.3. The van der Waals surface area contributed by atoms with Gasteiger partial charge >= 0.3 is 0 Å². The van der Waals surface area contributed by atoms with Crippen LogP contribution in [-0.4, -0.2) is 28.3 Å². The minimum atomic E-state index is -0.193. The van der Waals surface area contributed by atoms with Crippen LogP contribution in [0.25, 0.3) is 21.1 Å². The first-order valence-corrected chi connectivity index (χ1v) is 11.2. The van der Waals surface area contributed by atoms with Crippen molar-refractivity contribution >= 4 is 32.5 Å². The highest BCUT2D eigenvalue weighted by molar-refractivity contribution is 7.18. The number of nitrogens with zero attached hydrogens (tertiary/aromatic N) is 2. The zero-order valence-electron chi connectivity index (χ0n) is 16.9. The molecule has 2 aromatic heterocycles. The number of methoxy groups -OCH3 is 1. The maximum absolute atomic E-state index is 10.3. The van der Waals surface area contributed by atoms with Gasteiger partial charge in [0, 0.05) is 24.1 Å². The van der Waals surface area contributed by atoms with Crippen LogP contribution in [0.15, 0.2) is 48.7 Å². The second kappa shape index (κ2) is 8.20. The van der Waals surface area contributed by atoms with E-state index in [0.717, 1.165) is 69.1 Å². The van der Waals surface area contributed by atoms with Gasteiger partial charge < -0.3 is 14.6 Å². The lowest BCUT2D eigenvalue weighted by atomic mass is 9.84. The topological polar surface area (TPSA) is 64.5 Å². The molecule has 1 aliphatic rings. The van der Waals surface area contributed by atoms with E-state index in [9.17, 15) is 5.11 Å². The molecule has 0 amide bonds. The summed E-state index contributed by atoms with van der Waals surface area (Å²) in [5.74, 6) is 2.61. The molecular formula is C24H24N2O3S. The van der Waals surface area contributed by atoms with Gasteiger partial charge in [0.15, 0.2) is 0 Å². The molecule has 1 aliphatic carbocycles. The highest BCUT2D eigenvalue weighted by Crippen LogP contribution is 2.35. The summed E-state index contributed by atoms with van der Waals surface area (Å²) in [7, 11) is 1.65. The largest absolute Gasteiger partial charge is 0.497 e. The zero-order valence-corrected chi connectivity index (χ0v) is 17.7. The summed E-state index contributed by atoms with van der Waals surface area (Å²) >= 11 is 1.69. The minimum Gasteiger partial charge on any atom is -0.497 e. The van der Waals surface area contributed by atoms with Crippen LogP contribution in [0.4, 0.5) is 0 Å². The van der Waals surface area contributed by atoms with Crippen molar-refractivity contribution in [2.45, 2.75) is 38.2 Å². The molecule has 0 aliphatic heterocycles. The van der Waals surface area contributed by atoms with Gasteiger partial charge in [0.25, 0.3) is 0 Å². The number of hydrogen-bond acceptors (Lipinski definition) is 6. The standard InChI is InChI=1S/C24H24N2O3S/c1-28-16-6-8-19-18(13-16)22(10-11-25-19)29-17-7-9-20-23(14-17)30-24(26-20)12-15-4-2-3-5-21(15)27/h6-11,13-15,21,27H,2-5,12H2,1H3/t15-,21+/m0/s1. The first-order valence-electron chi connectivity index (χ1n) is 10.4. The quantitative estimate of drug-likeness (QED) is 0.446. The van der Waals surface area contributed by atoms with Crippen LogP contribution in [0.1, 0.15) is 30.7 Å². The number of ether oxygens (including phenoxy) is 2. The Morgan fingerprint density at radius 2 is 1.87 bits per heavy atom. The van der Waals surface area contributed by atoms with Crippen molar-refractivity contribution in [1.29, 1.82) is 0 Å². The smallest absolute Gasteiger partial charge is 0.138 e. The van der Waals surface area contributed by atoms with Crippen LogP contribution >= 0.6 is 11.3 Å². The Bertz CT molecular complexity index is 1190. The summed E-state index contributed by atoms with van der Waals surface area (Å²) in [6.45, 7) is 0. The van der Waals surface area contributed by atoms with Crippen molar-refractivity contribution in [1.82, 2.24) is 9.97 Å². The van der Waals surface area contributed by atoms with E-state index in [1.807, 2.05) is 42.5 Å². The maximum Gasteiger partial charge on any atom is 0.138 e. The first kappa shape index (κ1) is 19.3. The Labute approximate surface area is 179 Å². The number of aliphatic hydroxyl groups excluding tert-OH is 1. The van der Waals surface area contributed by atoms with Gasteiger partial charge in [-0.15, -0.1) is 11.3 Å². The molecule has 2 atom stereocenters. The molecule has 1 fully saturated rings. The molecule has 0 radical (unpaired) electrons. The lowest BCUT2D eigenvalue weighted by Crippen LogP contribution is -2.26. The summed E-state index contributed by atoms with van der Waals surface area (Å²) in [6.07, 6.45) is 6.75. The number of rotatable bonds is 5. The van der Waals surface area contributed by atoms with Crippen molar-refractivity contribution in [2.24, 2.45) is 5.92 Å². The van der Waals surface area contributed by atoms with Crippen LogP contribution in [0.2, 0.25) is 0 Å². The summed E-state index contributed by atoms with van der Waals surface area (Å²) < 4.78 is 12.7. The molecule has 6 heteroatoms. The Morgan fingerprint density at radius 1 is 1.03 bits per heavy atom. The van der Waals surface area contributed by atoms with E-state index in [2.05, 4.69) is 4.98 Å². The van der Waals surface area contributed by atoms with Crippen LogP contribution in [0.5, 0.6) is 17.2 Å². The molecule has 2 aromatic carbocycles. The molecular weight excluding hydrogens is 396 g/mol. The fourth-order valence-electron chi connectivity index (χ4n) is 4.20. The predicted octanol–water partition coefficient (Wildman–Crippen LogP) is 5.74. The average Bonchev–Trinajstić information content (AvgIpc) is 3.17. The Morgan fingerprint density at radius 3 is 2.73 bits per heavy atom. The second-order valence-corrected chi connectivity index (χ2v) is 8.96. The first-order chi connectivity index (χ1) is 14.7. The third kappa shape index (κ3) is 3.85. The molecule has 30 heavy (non-hydrogen) atoms. The van der Waals surface area contributed by atoms with E-state index in [1.54, 1.807) is 24.6 Å². The monoisotopic (exact) mass is 420 g/mol. The van der Waals surface area contributed by atoms with E-state index >= 15 is 0 Å². The number of thiazole rings is 1. The number of hydrogen-bond donors (Lipinski definition) is 1. The summed E-state index contributed by atoms with van der Waals surface area (Å²) in [4.78, 5) is 9.20. The third-order valence-corrected chi connectivity index (χ3v) is 6.89. The van der Waals surface area contributed by atoms with Gasteiger partial charge in [0.1, 0.15) is 17.2 Å². The number of benzene rings is 2. The van der Waals surface area contributed by atoms with Gasteiger partial charge in [-0.1, -0.05) is 12.8 Å². The SMILES string of the molecule is COc1ccc2nccc(Oc3ccc4nc(C[C@@H]5CCCC[C@H]5O)sc4c3)c2c1. The molecule has 0 bridgehead atoms. The van der Waals surface area contributed by atoms with Gasteiger partial charge in [0.05, 0.1) is 34.0 Å². The van der Waals surface area contributed by atoms with Crippen LogP contribution < -0.4 is 9.47 Å². The van der Waals surface area contributed by atoms with Gasteiger partial charge in [-0.25, -0.2) is 4.98 Å². The molecule has 1 saturated carbocycles. The molecule has 5 nitrogen and oxygen atoms in total. The number of pyridine rings is 1. The average molecular weight is 421 g/mol. The molecule has 5 rings (SSSR count). The number of fused-ring (bicyclic) bond motifs is 2. The highest BCUT2D eigenvalue weighted by Gasteiger charge is 2.24. The molecule has 154 valence electrons. The lowest BCUT2D eigenvalue weighted by molar-refractivity contribution is 0.0700. The lowest BCUT2D eigenvalue weighted by Gasteiger charge is -2.26. The van der Waals surface area contributed by atoms with Crippen molar-refractivity contribution in [2.75, 3.05) is 7.11 Å². The van der Waals surface area contributed by atoms with E-state index < -0.39 is 0 Å². The summed E-state index contributed by atoms with van der Waals surface area (Å²) in [5, 5.41) is 12.3. The predicted molar refractivity (Wildman–Crippen MR) is 120 cm³/mol. The van der Waals surface area contributed by atoms with Crippen LogP contribution in [0.3, 0.4) is 0 Å². The third-order valence-electron chi connectivity index (χ3n) is 5.85. The van der Waals surface area contributed by atoms with Gasteiger partial charge in [-0.2, -0.15) is 0 Å². The van der Waals surface area contributed by atoms with E-state index in [1.165, 1.54) is 6.42 Å². The molecule has 0 saturated heterocycles.